The van der Waals surface area contributed by atoms with Crippen LogP contribution in [0.15, 0.2) is 48.8 Å². The number of allylic oxidation sites excluding steroid dienone is 4. The molecule has 1 aromatic rings. The fraction of sp³-hybridized carbons (Fsp3) is 0.182. The van der Waals surface area contributed by atoms with Gasteiger partial charge in [0.1, 0.15) is 0 Å². The third-order valence-electron chi connectivity index (χ3n) is 2.09. The number of hydrogen-bond acceptors (Lipinski definition) is 1. The number of hydrogen-bond donors (Lipinski definition) is 0. The summed E-state index contributed by atoms with van der Waals surface area (Å²) in [5.74, 6) is 0.531. The summed E-state index contributed by atoms with van der Waals surface area (Å²) in [4.78, 5) is 4.10. The molecule has 1 aliphatic carbocycles. The van der Waals surface area contributed by atoms with Crippen molar-refractivity contribution >= 4 is 0 Å². The molecular formula is C11H11N. The normalized spacial score (nSPS) is 21.2. The van der Waals surface area contributed by atoms with Crippen LogP contribution in [0, 0.1) is 0 Å². The summed E-state index contributed by atoms with van der Waals surface area (Å²) in [6, 6.07) is 4.11. The molecule has 0 amide bonds. The predicted molar refractivity (Wildman–Crippen MR) is 49.9 cm³/mol. The summed E-state index contributed by atoms with van der Waals surface area (Å²) < 4.78 is 0. The minimum atomic E-state index is 0.531. The molecule has 0 bridgehead atoms. The lowest BCUT2D eigenvalue weighted by Gasteiger charge is -2.11. The standard InChI is InChI=1S/C11H11N/c1-2-5-10(6-3-1)11-7-4-8-12-9-11/h1-5,7-10H,6H2. The van der Waals surface area contributed by atoms with E-state index in [1.807, 2.05) is 18.5 Å². The van der Waals surface area contributed by atoms with Gasteiger partial charge in [-0.1, -0.05) is 30.4 Å². The summed E-state index contributed by atoms with van der Waals surface area (Å²) >= 11 is 0. The third kappa shape index (κ3) is 1.45. The summed E-state index contributed by atoms with van der Waals surface area (Å²) in [6.07, 6.45) is 13.4. The van der Waals surface area contributed by atoms with Gasteiger partial charge in [-0.3, -0.25) is 4.98 Å². The molecule has 1 atom stereocenters. The maximum atomic E-state index is 4.10. The van der Waals surface area contributed by atoms with Gasteiger partial charge in [0, 0.05) is 18.3 Å². The number of rotatable bonds is 1. The van der Waals surface area contributed by atoms with Gasteiger partial charge < -0.3 is 0 Å². The molecule has 60 valence electrons. The summed E-state index contributed by atoms with van der Waals surface area (Å²) in [6.45, 7) is 0. The van der Waals surface area contributed by atoms with Crippen LogP contribution in [0.4, 0.5) is 0 Å². The molecule has 0 saturated carbocycles. The van der Waals surface area contributed by atoms with Crippen LogP contribution in [0.3, 0.4) is 0 Å². The number of pyridine rings is 1. The highest BCUT2D eigenvalue weighted by molar-refractivity contribution is 5.26. The molecule has 1 nitrogen and oxygen atoms in total. The van der Waals surface area contributed by atoms with E-state index in [9.17, 15) is 0 Å². The summed E-state index contributed by atoms with van der Waals surface area (Å²) in [5, 5.41) is 0. The SMILES string of the molecule is C1=CCC(c2cccnc2)C=C1. The fourth-order valence-corrected chi connectivity index (χ4v) is 1.42. The molecule has 0 aliphatic heterocycles. The van der Waals surface area contributed by atoms with Gasteiger partial charge in [0.25, 0.3) is 0 Å². The third-order valence-corrected chi connectivity index (χ3v) is 2.09. The molecule has 0 spiro atoms. The van der Waals surface area contributed by atoms with Crippen molar-refractivity contribution in [2.75, 3.05) is 0 Å². The first kappa shape index (κ1) is 7.29. The molecule has 1 unspecified atom stereocenters. The van der Waals surface area contributed by atoms with Gasteiger partial charge in [-0.15, -0.1) is 0 Å². The second-order valence-electron chi connectivity index (χ2n) is 2.94. The number of nitrogens with zero attached hydrogens (tertiary/aromatic N) is 1. The first-order chi connectivity index (χ1) is 5.97. The highest BCUT2D eigenvalue weighted by Gasteiger charge is 2.06. The van der Waals surface area contributed by atoms with Crippen molar-refractivity contribution in [2.24, 2.45) is 0 Å². The molecule has 1 aliphatic rings. The molecule has 0 saturated heterocycles. The zero-order valence-electron chi connectivity index (χ0n) is 6.85. The van der Waals surface area contributed by atoms with Gasteiger partial charge >= 0.3 is 0 Å². The highest BCUT2D eigenvalue weighted by atomic mass is 14.6. The topological polar surface area (TPSA) is 12.9 Å². The molecular weight excluding hydrogens is 146 g/mol. The Hall–Kier alpha value is -1.37. The molecule has 1 heterocycles. The van der Waals surface area contributed by atoms with Crippen molar-refractivity contribution in [3.8, 4) is 0 Å². The lowest BCUT2D eigenvalue weighted by atomic mass is 9.94. The first-order valence-corrected chi connectivity index (χ1v) is 4.20. The van der Waals surface area contributed by atoms with Crippen LogP contribution in [0.1, 0.15) is 17.9 Å². The van der Waals surface area contributed by atoms with Crippen molar-refractivity contribution in [1.82, 2.24) is 4.98 Å². The lowest BCUT2D eigenvalue weighted by molar-refractivity contribution is 0.846. The van der Waals surface area contributed by atoms with Gasteiger partial charge in [0.15, 0.2) is 0 Å². The Labute approximate surface area is 72.5 Å². The Morgan fingerprint density at radius 1 is 1.33 bits per heavy atom. The Kier molecular flexibility index (Phi) is 2.04. The molecule has 0 radical (unpaired) electrons. The second kappa shape index (κ2) is 3.35. The highest BCUT2D eigenvalue weighted by Crippen LogP contribution is 2.22. The minimum Gasteiger partial charge on any atom is -0.264 e. The molecule has 0 fully saturated rings. The first-order valence-electron chi connectivity index (χ1n) is 4.20. The second-order valence-corrected chi connectivity index (χ2v) is 2.94. The van der Waals surface area contributed by atoms with Crippen molar-refractivity contribution in [1.29, 1.82) is 0 Å². The quantitative estimate of drug-likeness (QED) is 0.610. The zero-order chi connectivity index (χ0) is 8.23. The summed E-state index contributed by atoms with van der Waals surface area (Å²) in [7, 11) is 0. The van der Waals surface area contributed by atoms with Crippen LogP contribution in [0.2, 0.25) is 0 Å². The van der Waals surface area contributed by atoms with Gasteiger partial charge in [0.2, 0.25) is 0 Å². The molecule has 1 aromatic heterocycles. The van der Waals surface area contributed by atoms with Gasteiger partial charge in [0.05, 0.1) is 0 Å². The van der Waals surface area contributed by atoms with E-state index in [-0.39, 0.29) is 0 Å². The molecule has 2 rings (SSSR count). The largest absolute Gasteiger partial charge is 0.264 e. The van der Waals surface area contributed by atoms with Crippen LogP contribution >= 0.6 is 0 Å². The minimum absolute atomic E-state index is 0.531. The van der Waals surface area contributed by atoms with Crippen LogP contribution < -0.4 is 0 Å². The van der Waals surface area contributed by atoms with Crippen LogP contribution in [-0.2, 0) is 0 Å². The van der Waals surface area contributed by atoms with E-state index in [0.717, 1.165) is 6.42 Å². The van der Waals surface area contributed by atoms with E-state index in [4.69, 9.17) is 0 Å². The van der Waals surface area contributed by atoms with Crippen molar-refractivity contribution < 1.29 is 0 Å². The Bertz CT molecular complexity index is 298. The van der Waals surface area contributed by atoms with Gasteiger partial charge in [-0.25, -0.2) is 0 Å². The Morgan fingerprint density at radius 3 is 3.00 bits per heavy atom. The fourth-order valence-electron chi connectivity index (χ4n) is 1.42. The van der Waals surface area contributed by atoms with E-state index in [1.165, 1.54) is 5.56 Å². The Morgan fingerprint density at radius 2 is 2.33 bits per heavy atom. The number of aromatic nitrogens is 1. The molecule has 0 N–H and O–H groups in total. The van der Waals surface area contributed by atoms with Crippen LogP contribution in [0.5, 0.6) is 0 Å². The van der Waals surface area contributed by atoms with Crippen molar-refractivity contribution in [3.05, 3.63) is 54.4 Å². The van der Waals surface area contributed by atoms with E-state index >= 15 is 0 Å². The molecule has 12 heavy (non-hydrogen) atoms. The lowest BCUT2D eigenvalue weighted by Crippen LogP contribution is -1.95. The van der Waals surface area contributed by atoms with Gasteiger partial charge in [-0.05, 0) is 18.1 Å². The maximum absolute atomic E-state index is 4.10. The van der Waals surface area contributed by atoms with Crippen LogP contribution in [-0.4, -0.2) is 4.98 Å². The van der Waals surface area contributed by atoms with Crippen molar-refractivity contribution in [3.63, 3.8) is 0 Å². The predicted octanol–water partition coefficient (Wildman–Crippen LogP) is 2.68. The summed E-state index contributed by atoms with van der Waals surface area (Å²) in [5.41, 5.74) is 1.30. The van der Waals surface area contributed by atoms with Crippen molar-refractivity contribution in [2.45, 2.75) is 12.3 Å². The zero-order valence-corrected chi connectivity index (χ0v) is 6.85. The molecule has 0 aromatic carbocycles. The smallest absolute Gasteiger partial charge is 0.0305 e. The van der Waals surface area contributed by atoms with E-state index < -0.39 is 0 Å². The van der Waals surface area contributed by atoms with E-state index in [0.29, 0.717) is 5.92 Å². The van der Waals surface area contributed by atoms with E-state index in [1.54, 1.807) is 0 Å². The monoisotopic (exact) mass is 157 g/mol. The Balaban J connectivity index is 2.21. The average molecular weight is 157 g/mol. The molecule has 1 heteroatoms. The van der Waals surface area contributed by atoms with Crippen LogP contribution in [0.25, 0.3) is 0 Å². The maximum Gasteiger partial charge on any atom is 0.0305 e. The van der Waals surface area contributed by atoms with Gasteiger partial charge in [-0.2, -0.15) is 0 Å². The van der Waals surface area contributed by atoms with E-state index in [2.05, 4.69) is 35.4 Å². The average Bonchev–Trinajstić information content (AvgIpc) is 2.21.